The summed E-state index contributed by atoms with van der Waals surface area (Å²) in [6.45, 7) is 0. The molecule has 0 amide bonds. The molecule has 3 aromatic rings. The number of H-pyrrole nitrogens is 2. The Morgan fingerprint density at radius 1 is 1.10 bits per heavy atom. The van der Waals surface area contributed by atoms with E-state index < -0.39 is 11.2 Å². The highest BCUT2D eigenvalue weighted by atomic mass is 35.5. The van der Waals surface area contributed by atoms with E-state index in [1.165, 1.54) is 12.1 Å². The van der Waals surface area contributed by atoms with Gasteiger partial charge >= 0.3 is 5.69 Å². The molecule has 160 valence electrons. The first-order valence-corrected chi connectivity index (χ1v) is 10.4. The Bertz CT molecular complexity index is 1370. The Balaban J connectivity index is 1.54. The summed E-state index contributed by atoms with van der Waals surface area (Å²) < 4.78 is 6.78. The Kier molecular flexibility index (Phi) is 4.63. The van der Waals surface area contributed by atoms with Crippen LogP contribution in [-0.2, 0) is 6.42 Å². The van der Waals surface area contributed by atoms with E-state index in [2.05, 4.69) is 20.3 Å². The minimum absolute atomic E-state index is 0.0828. The van der Waals surface area contributed by atoms with Crippen molar-refractivity contribution in [3.05, 3.63) is 64.5 Å². The molecular weight excluding hydrogens is 447 g/mol. The summed E-state index contributed by atoms with van der Waals surface area (Å²) in [6, 6.07) is 2.79. The number of hydrogen-bond donors (Lipinski definition) is 3. The highest BCUT2D eigenvalue weighted by Gasteiger charge is 2.40. The lowest BCUT2D eigenvalue weighted by molar-refractivity contribution is 0.448. The largest absolute Gasteiger partial charge is 0.434 e. The van der Waals surface area contributed by atoms with E-state index in [0.29, 0.717) is 12.3 Å². The van der Waals surface area contributed by atoms with Crippen LogP contribution < -0.4 is 27.3 Å². The number of aromatic nitrogens is 5. The third-order valence-corrected chi connectivity index (χ3v) is 6.20. The molecule has 0 bridgehead atoms. The van der Waals surface area contributed by atoms with E-state index in [0.717, 1.165) is 35.1 Å². The van der Waals surface area contributed by atoms with Crippen molar-refractivity contribution in [1.29, 1.82) is 0 Å². The molecule has 0 unspecified atom stereocenters. The van der Waals surface area contributed by atoms with Gasteiger partial charge in [-0.05, 0) is 49.7 Å². The van der Waals surface area contributed by atoms with Crippen LogP contribution in [0.1, 0.15) is 36.3 Å². The monoisotopic (exact) mass is 462 g/mol. The van der Waals surface area contributed by atoms with E-state index in [1.807, 2.05) is 0 Å². The van der Waals surface area contributed by atoms with E-state index in [9.17, 15) is 14.4 Å². The van der Waals surface area contributed by atoms with E-state index in [-0.39, 0.29) is 44.7 Å². The van der Waals surface area contributed by atoms with Crippen LogP contribution in [-0.4, -0.2) is 25.0 Å². The molecule has 2 aromatic heterocycles. The molecule has 1 fully saturated rings. The SMILES string of the molecule is Nc1nn(-c2cc(Cl)c(Oc3n[nH]c(=O)c4c3CC[C@H]4C3CC3)c(Cl)c2)c(=O)[nH]c1=O. The molecule has 31 heavy (non-hydrogen) atoms. The third-order valence-electron chi connectivity index (χ3n) is 5.63. The lowest BCUT2D eigenvalue weighted by Crippen LogP contribution is -2.33. The second-order valence-electron chi connectivity index (χ2n) is 7.63. The topological polar surface area (TPSA) is 149 Å². The van der Waals surface area contributed by atoms with Crippen LogP contribution in [0.5, 0.6) is 11.6 Å². The number of fused-ring (bicyclic) bond motifs is 1. The summed E-state index contributed by atoms with van der Waals surface area (Å²) >= 11 is 12.7. The quantitative estimate of drug-likeness (QED) is 0.537. The highest BCUT2D eigenvalue weighted by Crippen LogP contribution is 2.50. The highest BCUT2D eigenvalue weighted by molar-refractivity contribution is 6.37. The Hall–Kier alpha value is -3.11. The van der Waals surface area contributed by atoms with Gasteiger partial charge in [-0.25, -0.2) is 9.89 Å². The summed E-state index contributed by atoms with van der Waals surface area (Å²) in [5.74, 6) is 0.748. The summed E-state index contributed by atoms with van der Waals surface area (Å²) in [4.78, 5) is 37.9. The standard InChI is InChI=1S/C19H16Cl2N6O4/c20-11-5-8(27-19(30)23-17(29)15(22)26-27)6-12(21)14(11)31-18-10-4-3-9(7-1-2-7)13(10)16(28)24-25-18/h5-7,9H,1-4H2,(H2,22,26)(H,24,28)(H,23,29,30)/t9-/m0/s1. The Morgan fingerprint density at radius 2 is 1.81 bits per heavy atom. The number of ether oxygens (including phenoxy) is 1. The molecule has 1 aromatic carbocycles. The predicted octanol–water partition coefficient (Wildman–Crippen LogP) is 2.13. The van der Waals surface area contributed by atoms with Crippen molar-refractivity contribution in [2.45, 2.75) is 31.6 Å². The molecule has 0 radical (unpaired) electrons. The first kappa shape index (κ1) is 19.8. The normalized spacial score (nSPS) is 17.5. The number of nitrogens with two attached hydrogens (primary N) is 1. The van der Waals surface area contributed by atoms with Crippen LogP contribution in [0.2, 0.25) is 10.0 Å². The Morgan fingerprint density at radius 3 is 2.48 bits per heavy atom. The van der Waals surface area contributed by atoms with Crippen LogP contribution in [0, 0.1) is 5.92 Å². The Labute approximate surface area is 184 Å². The minimum atomic E-state index is -0.800. The predicted molar refractivity (Wildman–Crippen MR) is 114 cm³/mol. The molecule has 1 saturated carbocycles. The fraction of sp³-hybridized carbons (Fsp3) is 0.316. The van der Waals surface area contributed by atoms with Gasteiger partial charge in [0.2, 0.25) is 11.7 Å². The average molecular weight is 463 g/mol. The number of halogens is 2. The number of nitrogens with zero attached hydrogens (tertiary/aromatic N) is 3. The number of nitrogens with one attached hydrogen (secondary N) is 2. The number of nitrogen functional groups attached to an aromatic ring is 1. The van der Waals surface area contributed by atoms with Crippen molar-refractivity contribution in [2.75, 3.05) is 5.73 Å². The zero-order chi connectivity index (χ0) is 21.9. The van der Waals surface area contributed by atoms with Crippen molar-refractivity contribution in [3.8, 4) is 17.3 Å². The van der Waals surface area contributed by atoms with E-state index in [4.69, 9.17) is 33.7 Å². The smallest absolute Gasteiger partial charge is 0.349 e. The van der Waals surface area contributed by atoms with E-state index >= 15 is 0 Å². The van der Waals surface area contributed by atoms with Crippen LogP contribution in [0.25, 0.3) is 5.69 Å². The van der Waals surface area contributed by atoms with Gasteiger partial charge in [0, 0.05) is 11.1 Å². The molecule has 12 heteroatoms. The molecule has 2 heterocycles. The maximum atomic E-state index is 12.4. The molecule has 5 rings (SSSR count). The van der Waals surface area contributed by atoms with Gasteiger partial charge in [-0.15, -0.1) is 10.2 Å². The zero-order valence-electron chi connectivity index (χ0n) is 15.9. The number of benzene rings is 1. The average Bonchev–Trinajstić information content (AvgIpc) is 3.47. The van der Waals surface area contributed by atoms with Gasteiger partial charge in [-0.1, -0.05) is 23.2 Å². The van der Waals surface area contributed by atoms with Gasteiger partial charge in [0.1, 0.15) is 0 Å². The van der Waals surface area contributed by atoms with Crippen molar-refractivity contribution in [1.82, 2.24) is 25.0 Å². The fourth-order valence-electron chi connectivity index (χ4n) is 4.06. The summed E-state index contributed by atoms with van der Waals surface area (Å²) in [5.41, 5.74) is 5.40. The van der Waals surface area contributed by atoms with Crippen molar-refractivity contribution < 1.29 is 4.74 Å². The lowest BCUT2D eigenvalue weighted by Gasteiger charge is -2.14. The number of aromatic amines is 2. The van der Waals surface area contributed by atoms with Gasteiger partial charge in [0.15, 0.2) is 5.75 Å². The molecule has 1 atom stereocenters. The van der Waals surface area contributed by atoms with Crippen LogP contribution >= 0.6 is 23.2 Å². The second kappa shape index (κ2) is 7.24. The number of anilines is 1. The lowest BCUT2D eigenvalue weighted by atomic mass is 9.98. The van der Waals surface area contributed by atoms with Crippen molar-refractivity contribution in [2.24, 2.45) is 5.92 Å². The van der Waals surface area contributed by atoms with Crippen molar-refractivity contribution >= 4 is 29.0 Å². The molecule has 0 spiro atoms. The number of hydrogen-bond acceptors (Lipinski definition) is 7. The molecule has 2 aliphatic carbocycles. The summed E-state index contributed by atoms with van der Waals surface area (Å²) in [7, 11) is 0. The second-order valence-corrected chi connectivity index (χ2v) is 8.44. The van der Waals surface area contributed by atoms with Gasteiger partial charge in [-0.2, -0.15) is 4.68 Å². The third kappa shape index (κ3) is 3.41. The minimum Gasteiger partial charge on any atom is -0.434 e. The molecule has 4 N–H and O–H groups in total. The van der Waals surface area contributed by atoms with Gasteiger partial charge in [-0.3, -0.25) is 14.6 Å². The molecule has 10 nitrogen and oxygen atoms in total. The maximum absolute atomic E-state index is 12.4. The number of rotatable bonds is 4. The fourth-order valence-corrected chi connectivity index (χ4v) is 4.62. The van der Waals surface area contributed by atoms with E-state index in [1.54, 1.807) is 0 Å². The molecular formula is C19H16Cl2N6O4. The zero-order valence-corrected chi connectivity index (χ0v) is 17.5. The first-order valence-electron chi connectivity index (χ1n) is 9.61. The van der Waals surface area contributed by atoms with Gasteiger partial charge in [0.05, 0.1) is 15.7 Å². The van der Waals surface area contributed by atoms with Gasteiger partial charge in [0.25, 0.3) is 11.1 Å². The van der Waals surface area contributed by atoms with Crippen LogP contribution in [0.15, 0.2) is 26.5 Å². The molecule has 2 aliphatic rings. The first-order chi connectivity index (χ1) is 14.8. The van der Waals surface area contributed by atoms with Crippen LogP contribution in [0.3, 0.4) is 0 Å². The van der Waals surface area contributed by atoms with Gasteiger partial charge < -0.3 is 10.5 Å². The summed E-state index contributed by atoms with van der Waals surface area (Å²) in [6.07, 6.45) is 3.83. The van der Waals surface area contributed by atoms with Crippen molar-refractivity contribution in [3.63, 3.8) is 0 Å². The maximum Gasteiger partial charge on any atom is 0.349 e. The summed E-state index contributed by atoms with van der Waals surface area (Å²) in [5, 5.41) is 10.5. The molecule has 0 saturated heterocycles. The van der Waals surface area contributed by atoms with Crippen LogP contribution in [0.4, 0.5) is 5.82 Å². The molecule has 0 aliphatic heterocycles.